The van der Waals surface area contributed by atoms with Crippen LogP contribution in [0.25, 0.3) is 0 Å². The minimum atomic E-state index is -0.897. The van der Waals surface area contributed by atoms with E-state index in [0.29, 0.717) is 18.5 Å². The Bertz CT molecular complexity index is 1120. The first-order valence-corrected chi connectivity index (χ1v) is 9.66. The molecule has 0 radical (unpaired) electrons. The van der Waals surface area contributed by atoms with Crippen molar-refractivity contribution in [1.29, 1.82) is 0 Å². The number of nitrogens with one attached hydrogen (secondary N) is 1. The van der Waals surface area contributed by atoms with Gasteiger partial charge in [0, 0.05) is 24.3 Å². The zero-order valence-corrected chi connectivity index (χ0v) is 16.4. The molecule has 0 aliphatic carbocycles. The molecule has 1 aliphatic rings. The fourth-order valence-corrected chi connectivity index (χ4v) is 3.70. The molecule has 152 valence electrons. The Labute approximate surface area is 173 Å². The number of carbonyl (C=O) groups is 2. The van der Waals surface area contributed by atoms with Crippen LogP contribution in [0.4, 0.5) is 14.5 Å². The van der Waals surface area contributed by atoms with Crippen molar-refractivity contribution in [3.8, 4) is 0 Å². The van der Waals surface area contributed by atoms with Gasteiger partial charge in [-0.25, -0.2) is 8.78 Å². The molecule has 2 amide bonds. The van der Waals surface area contributed by atoms with Crippen molar-refractivity contribution in [1.82, 2.24) is 5.32 Å². The van der Waals surface area contributed by atoms with Crippen molar-refractivity contribution in [2.45, 2.75) is 19.9 Å². The van der Waals surface area contributed by atoms with Gasteiger partial charge in [-0.2, -0.15) is 0 Å². The zero-order chi connectivity index (χ0) is 21.3. The Morgan fingerprint density at radius 3 is 2.47 bits per heavy atom. The van der Waals surface area contributed by atoms with Gasteiger partial charge in [0.25, 0.3) is 11.8 Å². The van der Waals surface area contributed by atoms with Crippen LogP contribution in [0.5, 0.6) is 0 Å². The van der Waals surface area contributed by atoms with Gasteiger partial charge >= 0.3 is 0 Å². The van der Waals surface area contributed by atoms with Crippen molar-refractivity contribution < 1.29 is 18.4 Å². The molecule has 30 heavy (non-hydrogen) atoms. The van der Waals surface area contributed by atoms with E-state index in [4.69, 9.17) is 0 Å². The Morgan fingerprint density at radius 2 is 1.73 bits per heavy atom. The van der Waals surface area contributed by atoms with Gasteiger partial charge < -0.3 is 10.2 Å². The van der Waals surface area contributed by atoms with E-state index in [2.05, 4.69) is 5.32 Å². The summed E-state index contributed by atoms with van der Waals surface area (Å²) in [5.74, 6) is -2.64. The van der Waals surface area contributed by atoms with Gasteiger partial charge in [0.05, 0.1) is 0 Å². The minimum absolute atomic E-state index is 0.0477. The summed E-state index contributed by atoms with van der Waals surface area (Å²) in [5.41, 5.74) is 3.72. The molecule has 0 unspecified atom stereocenters. The second kappa shape index (κ2) is 8.06. The van der Waals surface area contributed by atoms with E-state index >= 15 is 0 Å². The third kappa shape index (κ3) is 3.81. The largest absolute Gasteiger partial charge is 0.348 e. The number of hydrogen-bond acceptors (Lipinski definition) is 2. The van der Waals surface area contributed by atoms with E-state index in [9.17, 15) is 18.4 Å². The van der Waals surface area contributed by atoms with Crippen LogP contribution < -0.4 is 10.2 Å². The molecule has 0 aromatic heterocycles. The fraction of sp³-hybridized carbons (Fsp3) is 0.167. The van der Waals surface area contributed by atoms with Gasteiger partial charge in [0.15, 0.2) is 0 Å². The predicted molar refractivity (Wildman–Crippen MR) is 111 cm³/mol. The lowest BCUT2D eigenvalue weighted by atomic mass is 10.1. The molecule has 0 atom stereocenters. The summed E-state index contributed by atoms with van der Waals surface area (Å²) in [6.07, 6.45) is 0.705. The van der Waals surface area contributed by atoms with Crippen LogP contribution in [0.2, 0.25) is 0 Å². The van der Waals surface area contributed by atoms with Gasteiger partial charge in [0.1, 0.15) is 17.2 Å². The average molecular weight is 406 g/mol. The number of carbonyl (C=O) groups excluding carboxylic acids is 2. The summed E-state index contributed by atoms with van der Waals surface area (Å²) in [4.78, 5) is 26.8. The molecule has 3 aromatic carbocycles. The molecule has 6 heteroatoms. The molecule has 0 saturated heterocycles. The normalized spacial score (nSPS) is 12.6. The Balaban J connectivity index is 1.48. The van der Waals surface area contributed by atoms with E-state index in [0.717, 1.165) is 34.5 Å². The van der Waals surface area contributed by atoms with E-state index < -0.39 is 23.1 Å². The molecular weight excluding hydrogens is 386 g/mol. The summed E-state index contributed by atoms with van der Waals surface area (Å²) in [6, 6.07) is 16.4. The second-order valence-corrected chi connectivity index (χ2v) is 7.32. The molecule has 3 aromatic rings. The van der Waals surface area contributed by atoms with Gasteiger partial charge in [-0.05, 0) is 54.8 Å². The average Bonchev–Trinajstić information content (AvgIpc) is 3.15. The third-order valence-corrected chi connectivity index (χ3v) is 5.19. The van der Waals surface area contributed by atoms with Crippen molar-refractivity contribution in [3.05, 3.63) is 100 Å². The highest BCUT2D eigenvalue weighted by molar-refractivity contribution is 6.07. The molecule has 0 saturated carbocycles. The van der Waals surface area contributed by atoms with E-state index in [1.807, 2.05) is 37.3 Å². The summed E-state index contributed by atoms with van der Waals surface area (Å²) in [7, 11) is 0. The lowest BCUT2D eigenvalue weighted by molar-refractivity contribution is 0.0941. The van der Waals surface area contributed by atoms with Gasteiger partial charge in [0.2, 0.25) is 0 Å². The number of amides is 2. The molecular formula is C24H20F2N2O2. The smallest absolute Gasteiger partial charge is 0.258 e. The highest BCUT2D eigenvalue weighted by atomic mass is 19.1. The summed E-state index contributed by atoms with van der Waals surface area (Å²) < 4.78 is 27.5. The van der Waals surface area contributed by atoms with Crippen molar-refractivity contribution in [2.75, 3.05) is 11.4 Å². The molecule has 0 fully saturated rings. The predicted octanol–water partition coefficient (Wildman–Crippen LogP) is 4.41. The number of nitrogens with zero attached hydrogens (tertiary/aromatic N) is 1. The third-order valence-electron chi connectivity index (χ3n) is 5.19. The molecule has 1 aliphatic heterocycles. The van der Waals surface area contributed by atoms with Crippen LogP contribution in [0, 0.1) is 18.6 Å². The standard InChI is InChI=1S/C24H20F2N2O2/c1-15-4-2-5-18(12-15)24(30)28-11-10-17-13-16(8-9-21(17)28)14-27-23(29)22-19(25)6-3-7-20(22)26/h2-9,12-13H,10-11,14H2,1H3,(H,27,29). The number of benzene rings is 3. The van der Waals surface area contributed by atoms with Crippen LogP contribution >= 0.6 is 0 Å². The summed E-state index contributed by atoms with van der Waals surface area (Å²) in [6.45, 7) is 2.66. The second-order valence-electron chi connectivity index (χ2n) is 7.32. The minimum Gasteiger partial charge on any atom is -0.348 e. The maximum atomic E-state index is 13.8. The molecule has 1 heterocycles. The van der Waals surface area contributed by atoms with Gasteiger partial charge in [-0.3, -0.25) is 9.59 Å². The molecule has 4 nitrogen and oxygen atoms in total. The first-order valence-electron chi connectivity index (χ1n) is 9.66. The van der Waals surface area contributed by atoms with Crippen molar-refractivity contribution in [2.24, 2.45) is 0 Å². The maximum absolute atomic E-state index is 13.8. The molecule has 4 rings (SSSR count). The maximum Gasteiger partial charge on any atom is 0.258 e. The highest BCUT2D eigenvalue weighted by Gasteiger charge is 2.26. The Kier molecular flexibility index (Phi) is 5.31. The monoisotopic (exact) mass is 406 g/mol. The van der Waals surface area contributed by atoms with Crippen LogP contribution in [0.3, 0.4) is 0 Å². The van der Waals surface area contributed by atoms with Crippen molar-refractivity contribution in [3.63, 3.8) is 0 Å². The van der Waals surface area contributed by atoms with E-state index in [1.165, 1.54) is 6.07 Å². The number of hydrogen-bond donors (Lipinski definition) is 1. The van der Waals surface area contributed by atoms with Crippen molar-refractivity contribution >= 4 is 17.5 Å². The summed E-state index contributed by atoms with van der Waals surface area (Å²) in [5, 5.41) is 2.55. The number of aryl methyl sites for hydroxylation is 1. The Hall–Kier alpha value is -3.54. The number of rotatable bonds is 4. The fourth-order valence-electron chi connectivity index (χ4n) is 3.70. The van der Waals surface area contributed by atoms with Crippen LogP contribution in [0.15, 0.2) is 60.7 Å². The zero-order valence-electron chi connectivity index (χ0n) is 16.4. The first kappa shape index (κ1) is 19.8. The number of halogens is 2. The molecule has 0 spiro atoms. The van der Waals surface area contributed by atoms with Crippen LogP contribution in [-0.4, -0.2) is 18.4 Å². The Morgan fingerprint density at radius 1 is 1.00 bits per heavy atom. The molecule has 0 bridgehead atoms. The van der Waals surface area contributed by atoms with Gasteiger partial charge in [-0.15, -0.1) is 0 Å². The SMILES string of the molecule is Cc1cccc(C(=O)N2CCc3cc(CNC(=O)c4c(F)cccc4F)ccc32)c1. The van der Waals surface area contributed by atoms with Gasteiger partial charge in [-0.1, -0.05) is 35.9 Å². The molecule has 1 N–H and O–H groups in total. The number of fused-ring (bicyclic) bond motifs is 1. The lowest BCUT2D eigenvalue weighted by Gasteiger charge is -2.18. The van der Waals surface area contributed by atoms with E-state index in [-0.39, 0.29) is 12.5 Å². The highest BCUT2D eigenvalue weighted by Crippen LogP contribution is 2.30. The lowest BCUT2D eigenvalue weighted by Crippen LogP contribution is -2.28. The quantitative estimate of drug-likeness (QED) is 0.698. The van der Waals surface area contributed by atoms with E-state index in [1.54, 1.807) is 17.0 Å². The number of anilines is 1. The topological polar surface area (TPSA) is 49.4 Å². The first-order chi connectivity index (χ1) is 14.4. The summed E-state index contributed by atoms with van der Waals surface area (Å²) >= 11 is 0. The van der Waals surface area contributed by atoms with Crippen LogP contribution in [-0.2, 0) is 13.0 Å². The van der Waals surface area contributed by atoms with Crippen LogP contribution in [0.1, 0.15) is 37.4 Å².